The Morgan fingerprint density at radius 3 is 1.39 bits per heavy atom. The highest BCUT2D eigenvalue weighted by molar-refractivity contribution is 6.28. The Balaban J connectivity index is 1.05. The van der Waals surface area contributed by atoms with E-state index in [0.717, 1.165) is 44.6 Å². The van der Waals surface area contributed by atoms with Crippen LogP contribution in [0.2, 0.25) is 0 Å². The first-order valence-electron chi connectivity index (χ1n) is 19.3. The second-order valence-electron chi connectivity index (χ2n) is 14.4. The molecule has 9 aromatic carbocycles. The Hall–Kier alpha value is -7.69. The van der Waals surface area contributed by atoms with Crippen molar-refractivity contribution >= 4 is 43.4 Å². The van der Waals surface area contributed by atoms with Crippen molar-refractivity contribution in [3.63, 3.8) is 0 Å². The molecule has 11 rings (SSSR count). The monoisotopic (exact) mass is 726 g/mol. The number of nitrogens with zero attached hydrogens (tertiary/aromatic N) is 4. The summed E-state index contributed by atoms with van der Waals surface area (Å²) in [6, 6.07) is 72.8. The highest BCUT2D eigenvalue weighted by Gasteiger charge is 2.20. The van der Waals surface area contributed by atoms with E-state index in [1.165, 1.54) is 43.4 Å². The molecule has 2 aromatic heterocycles. The number of aromatic nitrogens is 4. The Kier molecular flexibility index (Phi) is 7.78. The van der Waals surface area contributed by atoms with E-state index in [2.05, 4.69) is 174 Å². The number of fused-ring (bicyclic) bond motifs is 7. The molecule has 0 aliphatic rings. The fraction of sp³-hybridized carbons (Fsp3) is 0. The second kappa shape index (κ2) is 13.6. The SMILES string of the molecule is c1ccc(-c2cccc(-c3nc(-c4ccccc4)nc(-c4ccc(-c5ccccc5-n5c6ccc7ccccc7c6c6c7ccccc7ccc65)cc4)n3)c2)cc1. The van der Waals surface area contributed by atoms with Crippen molar-refractivity contribution in [1.29, 1.82) is 0 Å². The number of para-hydroxylation sites is 1. The van der Waals surface area contributed by atoms with Gasteiger partial charge in [0.1, 0.15) is 0 Å². The van der Waals surface area contributed by atoms with Crippen LogP contribution in [0.1, 0.15) is 0 Å². The third kappa shape index (κ3) is 5.66. The zero-order chi connectivity index (χ0) is 37.7. The number of hydrogen-bond acceptors (Lipinski definition) is 3. The lowest BCUT2D eigenvalue weighted by Crippen LogP contribution is -2.00. The highest BCUT2D eigenvalue weighted by Crippen LogP contribution is 2.42. The molecule has 0 N–H and O–H groups in total. The normalized spacial score (nSPS) is 11.5. The molecule has 11 aromatic rings. The van der Waals surface area contributed by atoms with Crippen LogP contribution in [-0.2, 0) is 0 Å². The van der Waals surface area contributed by atoms with E-state index in [0.29, 0.717) is 17.5 Å². The van der Waals surface area contributed by atoms with Crippen molar-refractivity contribution in [3.05, 3.63) is 206 Å². The summed E-state index contributed by atoms with van der Waals surface area (Å²) in [4.78, 5) is 15.1. The molecule has 266 valence electrons. The van der Waals surface area contributed by atoms with Crippen LogP contribution in [0, 0.1) is 0 Å². The average Bonchev–Trinajstić information content (AvgIpc) is 3.65. The van der Waals surface area contributed by atoms with Crippen LogP contribution < -0.4 is 0 Å². The zero-order valence-electron chi connectivity index (χ0n) is 30.9. The van der Waals surface area contributed by atoms with E-state index >= 15 is 0 Å². The summed E-state index contributed by atoms with van der Waals surface area (Å²) in [5, 5.41) is 7.55. The van der Waals surface area contributed by atoms with Crippen LogP contribution in [-0.4, -0.2) is 19.5 Å². The van der Waals surface area contributed by atoms with E-state index in [9.17, 15) is 0 Å². The molecule has 2 heterocycles. The van der Waals surface area contributed by atoms with Gasteiger partial charge in [-0.25, -0.2) is 15.0 Å². The topological polar surface area (TPSA) is 43.6 Å². The molecule has 4 heteroatoms. The minimum absolute atomic E-state index is 0.630. The standard InChI is InChI=1S/C53H34N4/c1-3-14-35(15-4-1)41-20-13-21-42(34-41)53-55-51(39-18-5-2-6-19-39)54-52(56-53)40-28-26-38(27-29-40)43-22-11-12-25-46(43)57-47-32-30-36-16-7-9-23-44(36)49(47)50-45-24-10-8-17-37(45)31-33-48(50)57/h1-34H. The largest absolute Gasteiger partial charge is 0.309 e. The van der Waals surface area contributed by atoms with Gasteiger partial charge in [-0.05, 0) is 62.5 Å². The lowest BCUT2D eigenvalue weighted by atomic mass is 10.00. The third-order valence-corrected chi connectivity index (χ3v) is 11.0. The molecule has 0 bridgehead atoms. The number of rotatable bonds is 6. The minimum atomic E-state index is 0.630. The molecule has 0 saturated heterocycles. The lowest BCUT2D eigenvalue weighted by molar-refractivity contribution is 1.07. The van der Waals surface area contributed by atoms with Crippen LogP contribution in [0.3, 0.4) is 0 Å². The minimum Gasteiger partial charge on any atom is -0.309 e. The summed E-state index contributed by atoms with van der Waals surface area (Å²) in [6.07, 6.45) is 0. The van der Waals surface area contributed by atoms with Gasteiger partial charge in [-0.1, -0.05) is 182 Å². The predicted octanol–water partition coefficient (Wildman–Crippen LogP) is 13.6. The van der Waals surface area contributed by atoms with Crippen molar-refractivity contribution in [1.82, 2.24) is 19.5 Å². The first kappa shape index (κ1) is 32.7. The van der Waals surface area contributed by atoms with E-state index in [1.807, 2.05) is 36.4 Å². The molecule has 0 saturated carbocycles. The maximum Gasteiger partial charge on any atom is 0.164 e. The van der Waals surface area contributed by atoms with Crippen LogP contribution in [0.5, 0.6) is 0 Å². The van der Waals surface area contributed by atoms with Gasteiger partial charge in [-0.2, -0.15) is 0 Å². The lowest BCUT2D eigenvalue weighted by Gasteiger charge is -2.15. The van der Waals surface area contributed by atoms with Crippen LogP contribution >= 0.6 is 0 Å². The van der Waals surface area contributed by atoms with E-state index in [-0.39, 0.29) is 0 Å². The van der Waals surface area contributed by atoms with Gasteiger partial charge in [-0.3, -0.25) is 0 Å². The molecule has 0 fully saturated rings. The van der Waals surface area contributed by atoms with Crippen LogP contribution in [0.15, 0.2) is 206 Å². The van der Waals surface area contributed by atoms with Gasteiger partial charge in [0.2, 0.25) is 0 Å². The van der Waals surface area contributed by atoms with Crippen LogP contribution in [0.25, 0.3) is 105 Å². The van der Waals surface area contributed by atoms with E-state index in [4.69, 9.17) is 15.0 Å². The molecular formula is C53H34N4. The Labute approximate surface area is 330 Å². The number of benzene rings is 9. The summed E-state index contributed by atoms with van der Waals surface area (Å²) in [7, 11) is 0. The summed E-state index contributed by atoms with van der Waals surface area (Å²) in [5.74, 6) is 1.91. The molecule has 0 spiro atoms. The van der Waals surface area contributed by atoms with Gasteiger partial charge in [0.05, 0.1) is 16.7 Å². The molecule has 0 aliphatic carbocycles. The molecule has 0 amide bonds. The van der Waals surface area contributed by atoms with E-state index < -0.39 is 0 Å². The molecule has 0 aliphatic heterocycles. The average molecular weight is 727 g/mol. The summed E-state index contributed by atoms with van der Waals surface area (Å²) in [6.45, 7) is 0. The Morgan fingerprint density at radius 1 is 0.298 bits per heavy atom. The quantitative estimate of drug-likeness (QED) is 0.171. The highest BCUT2D eigenvalue weighted by atomic mass is 15.0. The van der Waals surface area contributed by atoms with Gasteiger partial charge in [0.15, 0.2) is 17.5 Å². The van der Waals surface area contributed by atoms with E-state index in [1.54, 1.807) is 0 Å². The van der Waals surface area contributed by atoms with Crippen molar-refractivity contribution in [3.8, 4) is 62.1 Å². The first-order chi connectivity index (χ1) is 28.3. The van der Waals surface area contributed by atoms with Gasteiger partial charge in [0, 0.05) is 33.0 Å². The van der Waals surface area contributed by atoms with Gasteiger partial charge < -0.3 is 4.57 Å². The maximum atomic E-state index is 5.09. The van der Waals surface area contributed by atoms with Crippen molar-refractivity contribution in [2.45, 2.75) is 0 Å². The van der Waals surface area contributed by atoms with Gasteiger partial charge >= 0.3 is 0 Å². The maximum absolute atomic E-state index is 5.09. The molecule has 0 radical (unpaired) electrons. The second-order valence-corrected chi connectivity index (χ2v) is 14.4. The summed E-state index contributed by atoms with van der Waals surface area (Å²) in [5.41, 5.74) is 10.8. The van der Waals surface area contributed by atoms with Crippen molar-refractivity contribution in [2.24, 2.45) is 0 Å². The van der Waals surface area contributed by atoms with Crippen LogP contribution in [0.4, 0.5) is 0 Å². The van der Waals surface area contributed by atoms with Crippen molar-refractivity contribution in [2.75, 3.05) is 0 Å². The Morgan fingerprint density at radius 2 is 0.754 bits per heavy atom. The fourth-order valence-corrected chi connectivity index (χ4v) is 8.34. The van der Waals surface area contributed by atoms with Gasteiger partial charge in [0.25, 0.3) is 0 Å². The molecular weight excluding hydrogens is 693 g/mol. The third-order valence-electron chi connectivity index (χ3n) is 11.0. The van der Waals surface area contributed by atoms with Crippen molar-refractivity contribution < 1.29 is 0 Å². The summed E-state index contributed by atoms with van der Waals surface area (Å²) < 4.78 is 2.45. The molecule has 4 nitrogen and oxygen atoms in total. The molecule has 57 heavy (non-hydrogen) atoms. The number of hydrogen-bond donors (Lipinski definition) is 0. The summed E-state index contributed by atoms with van der Waals surface area (Å²) >= 11 is 0. The first-order valence-corrected chi connectivity index (χ1v) is 19.3. The molecule has 0 atom stereocenters. The fourth-order valence-electron chi connectivity index (χ4n) is 8.34. The smallest absolute Gasteiger partial charge is 0.164 e. The molecule has 0 unspecified atom stereocenters. The predicted molar refractivity (Wildman–Crippen MR) is 236 cm³/mol. The zero-order valence-corrected chi connectivity index (χ0v) is 30.9. The Bertz CT molecular complexity index is 3180. The van der Waals surface area contributed by atoms with Gasteiger partial charge in [-0.15, -0.1) is 0 Å².